The van der Waals surface area contributed by atoms with Crippen LogP contribution < -0.4 is 0 Å². The molecule has 0 amide bonds. The molecule has 0 aromatic rings. The fourth-order valence-corrected chi connectivity index (χ4v) is 6.69. The Morgan fingerprint density at radius 1 is 0.558 bits per heavy atom. The van der Waals surface area contributed by atoms with Crippen molar-refractivity contribution < 1.29 is 15.3 Å². The molecule has 7 unspecified atom stereocenters. The van der Waals surface area contributed by atoms with E-state index in [1.54, 1.807) is 0 Å². The molecule has 238 valence electrons. The van der Waals surface area contributed by atoms with E-state index in [4.69, 9.17) is 0 Å². The molecule has 0 radical (unpaired) electrons. The number of hydrogen-bond acceptors (Lipinski definition) is 3. The summed E-state index contributed by atoms with van der Waals surface area (Å²) in [6, 6.07) is 0. The zero-order valence-corrected chi connectivity index (χ0v) is 28.6. The molecule has 0 aromatic carbocycles. The van der Waals surface area contributed by atoms with E-state index in [-0.39, 0.29) is 34.7 Å². The van der Waals surface area contributed by atoms with Crippen LogP contribution >= 0.6 is 0 Å². The zero-order valence-electron chi connectivity index (χ0n) is 28.6. The summed E-state index contributed by atoms with van der Waals surface area (Å²) >= 11 is 0. The highest BCUT2D eigenvalue weighted by Crippen LogP contribution is 2.46. The molecule has 2 aliphatic rings. The van der Waals surface area contributed by atoms with Crippen LogP contribution in [0.25, 0.3) is 0 Å². The summed E-state index contributed by atoms with van der Waals surface area (Å²) in [5, 5.41) is 30.8. The Balaban J connectivity index is 1.89. The van der Waals surface area contributed by atoms with Gasteiger partial charge in [-0.05, 0) is 81.5 Å². The molecular formula is C40H60O3. The summed E-state index contributed by atoms with van der Waals surface area (Å²) in [5.74, 6) is 0.902. The molecule has 2 aliphatic carbocycles. The minimum atomic E-state index is -0.671. The van der Waals surface area contributed by atoms with Crippen LogP contribution in [0.2, 0.25) is 0 Å². The molecule has 0 spiro atoms. The third-order valence-corrected chi connectivity index (χ3v) is 9.70. The van der Waals surface area contributed by atoms with Crippen molar-refractivity contribution in [2.45, 2.75) is 107 Å². The van der Waals surface area contributed by atoms with E-state index in [0.717, 1.165) is 18.4 Å². The Labute approximate surface area is 263 Å². The molecule has 3 N–H and O–H groups in total. The number of hydrogen-bond donors (Lipinski definition) is 3. The largest absolute Gasteiger partial charge is 0.393 e. The van der Waals surface area contributed by atoms with Gasteiger partial charge in [-0.2, -0.15) is 0 Å². The van der Waals surface area contributed by atoms with Gasteiger partial charge in [-0.1, -0.05) is 149 Å². The van der Waals surface area contributed by atoms with Crippen LogP contribution in [0.1, 0.15) is 88.5 Å². The van der Waals surface area contributed by atoms with E-state index in [9.17, 15) is 15.3 Å². The van der Waals surface area contributed by atoms with Crippen LogP contribution in [-0.2, 0) is 0 Å². The molecular weight excluding hydrogens is 528 g/mol. The molecule has 2 saturated carbocycles. The molecule has 0 saturated heterocycles. The first-order valence-corrected chi connectivity index (χ1v) is 16.2. The third-order valence-electron chi connectivity index (χ3n) is 9.70. The first kappa shape index (κ1) is 36.7. The Morgan fingerprint density at radius 2 is 0.977 bits per heavy atom. The lowest BCUT2D eigenvalue weighted by Crippen LogP contribution is -2.48. The lowest BCUT2D eigenvalue weighted by atomic mass is 9.62. The first-order chi connectivity index (χ1) is 20.0. The Hall–Kier alpha value is -2.46. The second-order valence-corrected chi connectivity index (χ2v) is 14.6. The minimum Gasteiger partial charge on any atom is -0.393 e. The van der Waals surface area contributed by atoms with Gasteiger partial charge in [0.2, 0.25) is 0 Å². The van der Waals surface area contributed by atoms with Gasteiger partial charge in [0, 0.05) is 0 Å². The van der Waals surface area contributed by atoms with Gasteiger partial charge in [-0.3, -0.25) is 0 Å². The predicted octanol–water partition coefficient (Wildman–Crippen LogP) is 9.39. The van der Waals surface area contributed by atoms with Gasteiger partial charge in [-0.25, -0.2) is 0 Å². The van der Waals surface area contributed by atoms with Crippen molar-refractivity contribution in [3.05, 3.63) is 107 Å². The van der Waals surface area contributed by atoms with Gasteiger partial charge in [0.1, 0.15) is 0 Å². The van der Waals surface area contributed by atoms with E-state index in [2.05, 4.69) is 147 Å². The molecule has 7 atom stereocenters. The number of aliphatic hydroxyl groups excluding tert-OH is 3. The van der Waals surface area contributed by atoms with Crippen molar-refractivity contribution in [1.82, 2.24) is 0 Å². The summed E-state index contributed by atoms with van der Waals surface area (Å²) in [7, 11) is 0. The van der Waals surface area contributed by atoms with Crippen LogP contribution in [0.15, 0.2) is 107 Å². The Bertz CT molecular complexity index is 1180. The van der Waals surface area contributed by atoms with Crippen molar-refractivity contribution >= 4 is 0 Å². The molecule has 0 aliphatic heterocycles. The monoisotopic (exact) mass is 588 g/mol. The van der Waals surface area contributed by atoms with Gasteiger partial charge < -0.3 is 15.3 Å². The molecule has 0 aromatic heterocycles. The molecule has 3 heteroatoms. The SMILES string of the molecule is CC(/C=C/C=C(C)/C=C/C1C(C)C(O)CCC1(C)C)=C\C=C\C=C(C)\C=C\C=C(C)\C=C\C1C(C)C(O)C(O)CC1(C)C. The molecule has 2 fully saturated rings. The normalized spacial score (nSPS) is 33.2. The second-order valence-electron chi connectivity index (χ2n) is 14.6. The van der Waals surface area contributed by atoms with Crippen LogP contribution in [0.3, 0.4) is 0 Å². The topological polar surface area (TPSA) is 60.7 Å². The van der Waals surface area contributed by atoms with Crippen molar-refractivity contribution in [3.8, 4) is 0 Å². The highest BCUT2D eigenvalue weighted by molar-refractivity contribution is 5.32. The van der Waals surface area contributed by atoms with Gasteiger partial charge >= 0.3 is 0 Å². The fourth-order valence-electron chi connectivity index (χ4n) is 6.69. The van der Waals surface area contributed by atoms with E-state index in [1.165, 1.54) is 16.7 Å². The molecule has 3 nitrogen and oxygen atoms in total. The maximum Gasteiger partial charge on any atom is 0.0830 e. The smallest absolute Gasteiger partial charge is 0.0830 e. The number of aliphatic hydroxyl groups is 3. The zero-order chi connectivity index (χ0) is 32.4. The standard InChI is InChI=1S/C40H60O3/c1-28(17-13-19-30(3)21-23-34-32(5)36(41)25-26-39(34,7)8)15-11-12-16-29(2)18-14-20-31(4)22-24-35-33(6)38(43)37(42)27-40(35,9)10/h11-24,32-38,41-43H,25-27H2,1-10H3/b12-11+,17-13+,18-14+,23-21+,24-22+,28-15+,29-16+,30-19+,31-20+. The summed E-state index contributed by atoms with van der Waals surface area (Å²) in [4.78, 5) is 0. The predicted molar refractivity (Wildman–Crippen MR) is 185 cm³/mol. The van der Waals surface area contributed by atoms with E-state index in [0.29, 0.717) is 12.3 Å². The van der Waals surface area contributed by atoms with Crippen molar-refractivity contribution in [3.63, 3.8) is 0 Å². The van der Waals surface area contributed by atoms with E-state index in [1.807, 2.05) is 6.92 Å². The maximum absolute atomic E-state index is 10.3. The molecule has 43 heavy (non-hydrogen) atoms. The summed E-state index contributed by atoms with van der Waals surface area (Å²) in [5.41, 5.74) is 4.87. The lowest BCUT2D eigenvalue weighted by Gasteiger charge is -2.46. The van der Waals surface area contributed by atoms with Gasteiger partial charge in [0.05, 0.1) is 18.3 Å². The summed E-state index contributed by atoms with van der Waals surface area (Å²) < 4.78 is 0. The average Bonchev–Trinajstić information content (AvgIpc) is 2.91. The average molecular weight is 589 g/mol. The highest BCUT2D eigenvalue weighted by Gasteiger charge is 2.44. The van der Waals surface area contributed by atoms with E-state index >= 15 is 0 Å². The Kier molecular flexibility index (Phi) is 14.2. The van der Waals surface area contributed by atoms with Crippen molar-refractivity contribution in [2.75, 3.05) is 0 Å². The first-order valence-electron chi connectivity index (χ1n) is 16.2. The van der Waals surface area contributed by atoms with Crippen molar-refractivity contribution in [1.29, 1.82) is 0 Å². The summed E-state index contributed by atoms with van der Waals surface area (Å²) in [6.07, 6.45) is 30.8. The third kappa shape index (κ3) is 11.5. The minimum absolute atomic E-state index is 0.0191. The van der Waals surface area contributed by atoms with Crippen LogP contribution in [0, 0.1) is 34.5 Å². The van der Waals surface area contributed by atoms with Gasteiger partial charge in [0.25, 0.3) is 0 Å². The molecule has 0 heterocycles. The van der Waals surface area contributed by atoms with Crippen LogP contribution in [0.4, 0.5) is 0 Å². The van der Waals surface area contributed by atoms with E-state index < -0.39 is 12.2 Å². The van der Waals surface area contributed by atoms with Crippen molar-refractivity contribution in [2.24, 2.45) is 34.5 Å². The van der Waals surface area contributed by atoms with Gasteiger partial charge in [0.15, 0.2) is 0 Å². The molecule has 2 rings (SSSR count). The van der Waals surface area contributed by atoms with Crippen LogP contribution in [0.5, 0.6) is 0 Å². The number of allylic oxidation sites excluding steroid dienone is 18. The maximum atomic E-state index is 10.3. The molecule has 0 bridgehead atoms. The summed E-state index contributed by atoms with van der Waals surface area (Å²) in [6.45, 7) is 21.6. The highest BCUT2D eigenvalue weighted by atomic mass is 16.3. The van der Waals surface area contributed by atoms with Crippen LogP contribution in [-0.4, -0.2) is 33.6 Å². The number of rotatable bonds is 10. The van der Waals surface area contributed by atoms with Gasteiger partial charge in [-0.15, -0.1) is 0 Å². The Morgan fingerprint density at radius 3 is 1.47 bits per heavy atom. The fraction of sp³-hybridized carbons (Fsp3) is 0.550. The quantitative estimate of drug-likeness (QED) is 0.223. The second kappa shape index (κ2) is 16.6. The lowest BCUT2D eigenvalue weighted by molar-refractivity contribution is -0.0969.